The molecule has 2 heterocycles. The second-order valence-corrected chi connectivity index (χ2v) is 8.50. The standard InChI is InChI=1S/C7H8ClN3O4S2.C4H10N2/c8-4-1-5-7(2-6(4)16(9,12)13)17(14,15)11-3-10-5;1-2-6-4-3-5-1/h1-2,10-11H,3H2,(H2,9,12,13);5-6H,1-4H2. The number of anilines is 1. The van der Waals surface area contributed by atoms with Crippen molar-refractivity contribution in [2.75, 3.05) is 38.2 Å². The largest absolute Gasteiger partial charge is 0.370 e. The van der Waals surface area contributed by atoms with Gasteiger partial charge in [0.1, 0.15) is 9.79 Å². The van der Waals surface area contributed by atoms with Gasteiger partial charge in [0.15, 0.2) is 0 Å². The van der Waals surface area contributed by atoms with E-state index in [9.17, 15) is 16.8 Å². The summed E-state index contributed by atoms with van der Waals surface area (Å²) >= 11 is 5.72. The molecule has 1 aromatic rings. The summed E-state index contributed by atoms with van der Waals surface area (Å²) in [6.07, 6.45) is 0. The molecule has 9 nitrogen and oxygen atoms in total. The van der Waals surface area contributed by atoms with Gasteiger partial charge >= 0.3 is 0 Å². The summed E-state index contributed by atoms with van der Waals surface area (Å²) in [5.74, 6) is 0. The van der Waals surface area contributed by atoms with Crippen LogP contribution in [0.25, 0.3) is 0 Å². The Morgan fingerprint density at radius 2 is 1.65 bits per heavy atom. The van der Waals surface area contributed by atoms with E-state index in [0.29, 0.717) is 0 Å². The molecule has 130 valence electrons. The van der Waals surface area contributed by atoms with E-state index in [0.717, 1.165) is 32.2 Å². The second-order valence-electron chi connectivity index (χ2n) is 4.83. The molecule has 0 aromatic heterocycles. The van der Waals surface area contributed by atoms with Gasteiger partial charge < -0.3 is 16.0 Å². The molecule has 0 atom stereocenters. The van der Waals surface area contributed by atoms with Crippen LogP contribution in [0.15, 0.2) is 21.9 Å². The number of nitrogens with one attached hydrogen (secondary N) is 4. The lowest BCUT2D eigenvalue weighted by Gasteiger charge is -2.20. The Hall–Kier alpha value is -0.950. The fraction of sp³-hybridized carbons (Fsp3) is 0.455. The van der Waals surface area contributed by atoms with Gasteiger partial charge in [0.2, 0.25) is 20.0 Å². The molecule has 0 spiro atoms. The molecular weight excluding hydrogens is 366 g/mol. The summed E-state index contributed by atoms with van der Waals surface area (Å²) in [6, 6.07) is 2.15. The van der Waals surface area contributed by atoms with Gasteiger partial charge in [0.05, 0.1) is 17.4 Å². The maximum atomic E-state index is 11.6. The molecule has 1 fully saturated rings. The minimum atomic E-state index is -4.07. The van der Waals surface area contributed by atoms with E-state index in [2.05, 4.69) is 20.7 Å². The van der Waals surface area contributed by atoms with Crippen LogP contribution in [0.3, 0.4) is 0 Å². The van der Waals surface area contributed by atoms with Crippen LogP contribution in [-0.2, 0) is 20.0 Å². The van der Waals surface area contributed by atoms with Crippen LogP contribution in [0, 0.1) is 0 Å². The average molecular weight is 384 g/mol. The summed E-state index contributed by atoms with van der Waals surface area (Å²) in [4.78, 5) is -0.621. The lowest BCUT2D eigenvalue weighted by molar-refractivity contribution is 0.534. The van der Waals surface area contributed by atoms with Crippen LogP contribution in [0.2, 0.25) is 5.02 Å². The van der Waals surface area contributed by atoms with Gasteiger partial charge in [0, 0.05) is 26.2 Å². The second kappa shape index (κ2) is 7.30. The molecule has 0 aliphatic carbocycles. The van der Waals surface area contributed by atoms with E-state index in [1.165, 1.54) is 6.07 Å². The summed E-state index contributed by atoms with van der Waals surface area (Å²) in [7, 11) is -7.80. The number of sulfonamides is 2. The Morgan fingerprint density at radius 1 is 1.09 bits per heavy atom. The first kappa shape index (κ1) is 18.4. The SMILES string of the molecule is C1CNCCN1.NS(=O)(=O)c1cc2c(cc1Cl)NCNS2(=O)=O. The monoisotopic (exact) mass is 383 g/mol. The molecule has 1 saturated heterocycles. The number of hydrogen-bond acceptors (Lipinski definition) is 7. The molecule has 3 rings (SSSR count). The maximum absolute atomic E-state index is 11.6. The summed E-state index contributed by atoms with van der Waals surface area (Å²) < 4.78 is 47.9. The maximum Gasteiger partial charge on any atom is 0.244 e. The van der Waals surface area contributed by atoms with Crippen LogP contribution < -0.4 is 25.8 Å². The molecule has 0 unspecified atom stereocenters. The molecule has 2 aliphatic heterocycles. The highest BCUT2D eigenvalue weighted by atomic mass is 35.5. The highest BCUT2D eigenvalue weighted by Gasteiger charge is 2.26. The first-order valence-electron chi connectivity index (χ1n) is 6.73. The summed E-state index contributed by atoms with van der Waals surface area (Å²) in [5, 5.41) is 14.0. The predicted molar refractivity (Wildman–Crippen MR) is 87.4 cm³/mol. The average Bonchev–Trinajstić information content (AvgIpc) is 2.47. The predicted octanol–water partition coefficient (Wildman–Crippen LogP) is -1.17. The van der Waals surface area contributed by atoms with Gasteiger partial charge in [0.25, 0.3) is 0 Å². The van der Waals surface area contributed by atoms with Gasteiger partial charge in [-0.2, -0.15) is 4.72 Å². The van der Waals surface area contributed by atoms with Crippen molar-refractivity contribution < 1.29 is 16.8 Å². The van der Waals surface area contributed by atoms with Crippen molar-refractivity contribution >= 4 is 37.3 Å². The minimum absolute atomic E-state index is 0.0143. The third-order valence-electron chi connectivity index (χ3n) is 3.13. The number of halogens is 1. The lowest BCUT2D eigenvalue weighted by atomic mass is 10.3. The fourth-order valence-corrected chi connectivity index (χ4v) is 4.31. The van der Waals surface area contributed by atoms with E-state index in [-0.39, 0.29) is 22.3 Å². The van der Waals surface area contributed by atoms with Crippen molar-refractivity contribution in [3.8, 4) is 0 Å². The zero-order valence-electron chi connectivity index (χ0n) is 12.1. The Labute approximate surface area is 140 Å². The molecular formula is C11H18ClN5O4S2. The van der Waals surface area contributed by atoms with Gasteiger partial charge in [-0.15, -0.1) is 0 Å². The number of rotatable bonds is 1. The Balaban J connectivity index is 0.000000268. The molecule has 6 N–H and O–H groups in total. The van der Waals surface area contributed by atoms with Crippen molar-refractivity contribution in [2.24, 2.45) is 5.14 Å². The van der Waals surface area contributed by atoms with E-state index in [1.54, 1.807) is 0 Å². The molecule has 2 aliphatic rings. The Bertz CT molecular complexity index is 766. The first-order valence-corrected chi connectivity index (χ1v) is 10.1. The Morgan fingerprint density at radius 3 is 2.13 bits per heavy atom. The van der Waals surface area contributed by atoms with Gasteiger partial charge in [-0.1, -0.05) is 11.6 Å². The number of nitrogens with two attached hydrogens (primary N) is 1. The molecule has 0 saturated carbocycles. The van der Waals surface area contributed by atoms with Crippen LogP contribution >= 0.6 is 11.6 Å². The number of fused-ring (bicyclic) bond motifs is 1. The molecule has 0 bridgehead atoms. The zero-order valence-corrected chi connectivity index (χ0v) is 14.5. The first-order chi connectivity index (χ1) is 10.7. The van der Waals surface area contributed by atoms with Crippen LogP contribution in [0.4, 0.5) is 5.69 Å². The summed E-state index contributed by atoms with van der Waals surface area (Å²) in [5.41, 5.74) is 0.237. The van der Waals surface area contributed by atoms with Crippen molar-refractivity contribution in [3.63, 3.8) is 0 Å². The quantitative estimate of drug-likeness (QED) is 0.411. The molecule has 23 heavy (non-hydrogen) atoms. The van der Waals surface area contributed by atoms with E-state index >= 15 is 0 Å². The number of hydrogen-bond donors (Lipinski definition) is 5. The molecule has 0 amide bonds. The number of primary sulfonamides is 1. The van der Waals surface area contributed by atoms with Crippen LogP contribution in [-0.4, -0.2) is 49.7 Å². The van der Waals surface area contributed by atoms with E-state index in [4.69, 9.17) is 16.7 Å². The van der Waals surface area contributed by atoms with Crippen molar-refractivity contribution in [1.29, 1.82) is 0 Å². The van der Waals surface area contributed by atoms with Gasteiger partial charge in [-0.3, -0.25) is 0 Å². The topological polar surface area (TPSA) is 142 Å². The van der Waals surface area contributed by atoms with Crippen LogP contribution in [0.1, 0.15) is 0 Å². The third-order valence-corrected chi connectivity index (χ3v) is 5.95. The smallest absolute Gasteiger partial charge is 0.244 e. The molecule has 12 heteroatoms. The normalized spacial score (nSPS) is 19.7. The van der Waals surface area contributed by atoms with E-state index < -0.39 is 24.9 Å². The number of benzene rings is 1. The van der Waals surface area contributed by atoms with Crippen molar-refractivity contribution in [3.05, 3.63) is 17.2 Å². The Kier molecular flexibility index (Phi) is 5.84. The van der Waals surface area contributed by atoms with E-state index in [1.807, 2.05) is 0 Å². The minimum Gasteiger partial charge on any atom is -0.370 e. The zero-order chi connectivity index (χ0) is 17.1. The van der Waals surface area contributed by atoms with Gasteiger partial charge in [-0.05, 0) is 12.1 Å². The van der Waals surface area contributed by atoms with Crippen LogP contribution in [0.5, 0.6) is 0 Å². The molecule has 1 aromatic carbocycles. The fourth-order valence-electron chi connectivity index (χ4n) is 2.02. The molecule has 0 radical (unpaired) electrons. The highest BCUT2D eigenvalue weighted by molar-refractivity contribution is 7.90. The summed E-state index contributed by atoms with van der Waals surface area (Å²) in [6.45, 7) is 4.57. The third kappa shape index (κ3) is 4.76. The number of piperazine rings is 1. The van der Waals surface area contributed by atoms with Crippen molar-refractivity contribution in [2.45, 2.75) is 9.79 Å². The van der Waals surface area contributed by atoms with Crippen molar-refractivity contribution in [1.82, 2.24) is 15.4 Å². The van der Waals surface area contributed by atoms with Gasteiger partial charge in [-0.25, -0.2) is 22.0 Å². The lowest BCUT2D eigenvalue weighted by Crippen LogP contribution is -2.39. The highest BCUT2D eigenvalue weighted by Crippen LogP contribution is 2.32.